The van der Waals surface area contributed by atoms with Crippen molar-refractivity contribution < 1.29 is 4.52 Å². The first-order chi connectivity index (χ1) is 8.77. The van der Waals surface area contributed by atoms with Crippen LogP contribution in [0.25, 0.3) is 21.8 Å². The molecule has 0 unspecified atom stereocenters. The van der Waals surface area contributed by atoms with Crippen LogP contribution < -0.4 is 5.73 Å². The van der Waals surface area contributed by atoms with Gasteiger partial charge in [0.25, 0.3) is 0 Å². The number of aromatic nitrogens is 1. The lowest BCUT2D eigenvalue weighted by Crippen LogP contribution is -1.90. The number of benzene rings is 1. The van der Waals surface area contributed by atoms with E-state index in [0.717, 1.165) is 27.3 Å². The normalized spacial score (nSPS) is 10.7. The zero-order chi connectivity index (χ0) is 12.5. The Labute approximate surface area is 109 Å². The fraction of sp³-hybridized carbons (Fsp3) is 0.0714. The Morgan fingerprint density at radius 1 is 1.17 bits per heavy atom. The molecule has 3 rings (SSSR count). The minimum atomic E-state index is 0.438. The van der Waals surface area contributed by atoms with Crippen molar-refractivity contribution in [3.63, 3.8) is 0 Å². The molecule has 3 nitrogen and oxygen atoms in total. The summed E-state index contributed by atoms with van der Waals surface area (Å²) < 4.78 is 5.38. The molecule has 1 aromatic carbocycles. The first kappa shape index (κ1) is 11.0. The van der Waals surface area contributed by atoms with Crippen molar-refractivity contribution >= 4 is 17.2 Å². The Kier molecular flexibility index (Phi) is 2.64. The summed E-state index contributed by atoms with van der Waals surface area (Å²) >= 11 is 1.61. The second kappa shape index (κ2) is 4.31. The topological polar surface area (TPSA) is 52.0 Å². The van der Waals surface area contributed by atoms with Crippen LogP contribution in [0.4, 0.5) is 5.82 Å². The summed E-state index contributed by atoms with van der Waals surface area (Å²) in [6.07, 6.45) is 0. The Morgan fingerprint density at radius 2 is 2.00 bits per heavy atom. The average molecular weight is 256 g/mol. The summed E-state index contributed by atoms with van der Waals surface area (Å²) in [5, 5.41) is 5.91. The molecule has 0 bridgehead atoms. The van der Waals surface area contributed by atoms with Crippen molar-refractivity contribution in [1.29, 1.82) is 0 Å². The van der Waals surface area contributed by atoms with E-state index in [2.05, 4.69) is 18.1 Å². The molecule has 0 spiro atoms. The van der Waals surface area contributed by atoms with Gasteiger partial charge in [-0.1, -0.05) is 35.5 Å². The van der Waals surface area contributed by atoms with E-state index in [0.29, 0.717) is 5.82 Å². The van der Waals surface area contributed by atoms with Crippen molar-refractivity contribution in [3.05, 3.63) is 47.3 Å². The molecular weight excluding hydrogens is 244 g/mol. The largest absolute Gasteiger partial charge is 0.380 e. The van der Waals surface area contributed by atoms with E-state index in [1.165, 1.54) is 0 Å². The van der Waals surface area contributed by atoms with Gasteiger partial charge in [-0.2, -0.15) is 0 Å². The predicted octanol–water partition coefficient (Wildman–Crippen LogP) is 3.96. The SMILES string of the molecule is Cc1ccccc1-c1c(N)noc1-c1cccs1. The third kappa shape index (κ3) is 1.71. The first-order valence-electron chi connectivity index (χ1n) is 5.62. The smallest absolute Gasteiger partial charge is 0.186 e. The van der Waals surface area contributed by atoms with Crippen LogP contribution in [0.3, 0.4) is 0 Å². The Hall–Kier alpha value is -2.07. The minimum Gasteiger partial charge on any atom is -0.380 e. The molecule has 0 fully saturated rings. The van der Waals surface area contributed by atoms with Crippen LogP contribution >= 0.6 is 11.3 Å². The van der Waals surface area contributed by atoms with Crippen LogP contribution in [0.5, 0.6) is 0 Å². The van der Waals surface area contributed by atoms with Crippen LogP contribution in [0.15, 0.2) is 46.3 Å². The standard InChI is InChI=1S/C14H12N2OS/c1-9-5-2-3-6-10(9)12-13(17-16-14(12)15)11-7-4-8-18-11/h2-8H,1H3,(H2,15,16). The van der Waals surface area contributed by atoms with Gasteiger partial charge in [0.2, 0.25) is 0 Å². The van der Waals surface area contributed by atoms with Gasteiger partial charge in [-0.15, -0.1) is 11.3 Å². The number of nitrogens with two attached hydrogens (primary N) is 1. The van der Waals surface area contributed by atoms with Crippen molar-refractivity contribution in [2.24, 2.45) is 0 Å². The van der Waals surface area contributed by atoms with Crippen molar-refractivity contribution in [3.8, 4) is 21.8 Å². The Balaban J connectivity index is 2.24. The average Bonchev–Trinajstić information content (AvgIpc) is 2.99. The highest BCUT2D eigenvalue weighted by molar-refractivity contribution is 7.13. The van der Waals surface area contributed by atoms with E-state index >= 15 is 0 Å². The van der Waals surface area contributed by atoms with E-state index < -0.39 is 0 Å². The Morgan fingerprint density at radius 3 is 2.72 bits per heavy atom. The molecular formula is C14H12N2OS. The van der Waals surface area contributed by atoms with E-state index in [9.17, 15) is 0 Å². The van der Waals surface area contributed by atoms with Gasteiger partial charge in [0.15, 0.2) is 11.6 Å². The fourth-order valence-corrected chi connectivity index (χ4v) is 2.70. The second-order valence-electron chi connectivity index (χ2n) is 4.06. The van der Waals surface area contributed by atoms with Gasteiger partial charge in [0.05, 0.1) is 10.4 Å². The molecule has 0 amide bonds. The Bertz CT molecular complexity index is 671. The zero-order valence-corrected chi connectivity index (χ0v) is 10.7. The maximum atomic E-state index is 5.95. The molecule has 0 radical (unpaired) electrons. The minimum absolute atomic E-state index is 0.438. The van der Waals surface area contributed by atoms with Crippen molar-refractivity contribution in [2.75, 3.05) is 5.73 Å². The lowest BCUT2D eigenvalue weighted by molar-refractivity contribution is 0.437. The molecule has 2 N–H and O–H groups in total. The van der Waals surface area contributed by atoms with Gasteiger partial charge in [0, 0.05) is 0 Å². The van der Waals surface area contributed by atoms with Gasteiger partial charge in [-0.05, 0) is 29.5 Å². The van der Waals surface area contributed by atoms with Crippen LogP contribution in [-0.2, 0) is 0 Å². The van der Waals surface area contributed by atoms with Crippen LogP contribution in [0.2, 0.25) is 0 Å². The van der Waals surface area contributed by atoms with Gasteiger partial charge >= 0.3 is 0 Å². The fourth-order valence-electron chi connectivity index (χ4n) is 1.99. The van der Waals surface area contributed by atoms with E-state index in [1.54, 1.807) is 11.3 Å². The lowest BCUT2D eigenvalue weighted by atomic mass is 10.0. The molecule has 0 aliphatic rings. The third-order valence-electron chi connectivity index (χ3n) is 2.88. The van der Waals surface area contributed by atoms with Gasteiger partial charge in [0.1, 0.15) is 0 Å². The molecule has 0 atom stereocenters. The molecule has 0 saturated heterocycles. The third-order valence-corrected chi connectivity index (χ3v) is 3.75. The molecule has 2 aromatic heterocycles. The van der Waals surface area contributed by atoms with Crippen LogP contribution in [0, 0.1) is 6.92 Å². The number of aryl methyl sites for hydroxylation is 1. The van der Waals surface area contributed by atoms with Gasteiger partial charge in [-0.25, -0.2) is 0 Å². The summed E-state index contributed by atoms with van der Waals surface area (Å²) in [7, 11) is 0. The number of nitrogen functional groups attached to an aromatic ring is 1. The van der Waals surface area contributed by atoms with E-state index in [-0.39, 0.29) is 0 Å². The molecule has 0 saturated carbocycles. The molecule has 0 aliphatic carbocycles. The van der Waals surface area contributed by atoms with Crippen LogP contribution in [0.1, 0.15) is 5.56 Å². The van der Waals surface area contributed by atoms with Crippen LogP contribution in [-0.4, -0.2) is 5.16 Å². The maximum Gasteiger partial charge on any atom is 0.186 e. The monoisotopic (exact) mass is 256 g/mol. The molecule has 18 heavy (non-hydrogen) atoms. The molecule has 2 heterocycles. The number of nitrogens with zero attached hydrogens (tertiary/aromatic N) is 1. The van der Waals surface area contributed by atoms with E-state index in [4.69, 9.17) is 10.3 Å². The number of hydrogen-bond acceptors (Lipinski definition) is 4. The molecule has 90 valence electrons. The lowest BCUT2D eigenvalue weighted by Gasteiger charge is -2.04. The highest BCUT2D eigenvalue weighted by Crippen LogP contribution is 2.39. The van der Waals surface area contributed by atoms with Crippen molar-refractivity contribution in [1.82, 2.24) is 5.16 Å². The number of hydrogen-bond donors (Lipinski definition) is 1. The predicted molar refractivity (Wildman–Crippen MR) is 74.4 cm³/mol. The first-order valence-corrected chi connectivity index (χ1v) is 6.50. The second-order valence-corrected chi connectivity index (χ2v) is 5.01. The number of rotatable bonds is 2. The highest BCUT2D eigenvalue weighted by atomic mass is 32.1. The number of anilines is 1. The maximum absolute atomic E-state index is 5.95. The quantitative estimate of drug-likeness (QED) is 0.755. The van der Waals surface area contributed by atoms with Crippen molar-refractivity contribution in [2.45, 2.75) is 6.92 Å². The summed E-state index contributed by atoms with van der Waals surface area (Å²) in [6.45, 7) is 2.06. The number of thiophene rings is 1. The molecule has 0 aliphatic heterocycles. The highest BCUT2D eigenvalue weighted by Gasteiger charge is 2.19. The summed E-state index contributed by atoms with van der Waals surface area (Å²) in [6, 6.07) is 12.1. The summed E-state index contributed by atoms with van der Waals surface area (Å²) in [5.74, 6) is 1.18. The van der Waals surface area contributed by atoms with E-state index in [1.807, 2.05) is 35.7 Å². The molecule has 3 aromatic rings. The molecule has 4 heteroatoms. The summed E-state index contributed by atoms with van der Waals surface area (Å²) in [5.41, 5.74) is 9.06. The zero-order valence-electron chi connectivity index (χ0n) is 9.88. The van der Waals surface area contributed by atoms with Gasteiger partial charge < -0.3 is 10.3 Å². The van der Waals surface area contributed by atoms with Gasteiger partial charge in [-0.3, -0.25) is 0 Å². The summed E-state index contributed by atoms with van der Waals surface area (Å²) in [4.78, 5) is 1.04.